The maximum absolute atomic E-state index is 12.1. The van der Waals surface area contributed by atoms with Gasteiger partial charge in [0.25, 0.3) is 0 Å². The van der Waals surface area contributed by atoms with Crippen LogP contribution in [0.25, 0.3) is 0 Å². The van der Waals surface area contributed by atoms with Gasteiger partial charge in [0.2, 0.25) is 13.6 Å². The van der Waals surface area contributed by atoms with E-state index in [9.17, 15) is 4.79 Å². The summed E-state index contributed by atoms with van der Waals surface area (Å²) < 4.78 is 40.2. The minimum atomic E-state index is -0.930. The van der Waals surface area contributed by atoms with E-state index < -0.39 is 11.7 Å². The SMILES string of the molecule is CC(=O)O[C@]12CO[C@H](c3ccc4c(c3)OCO4)[C@H]1CO[C@@H]2c1ccc2c(c1)OCO2. The molecule has 0 bridgehead atoms. The van der Waals surface area contributed by atoms with Crippen molar-refractivity contribution in [1.82, 2.24) is 0 Å². The molecule has 2 fully saturated rings. The third-order valence-electron chi connectivity index (χ3n) is 6.13. The van der Waals surface area contributed by atoms with Crippen molar-refractivity contribution in [2.75, 3.05) is 26.8 Å². The van der Waals surface area contributed by atoms with E-state index in [1.165, 1.54) is 6.92 Å². The molecule has 6 rings (SSSR count). The summed E-state index contributed by atoms with van der Waals surface area (Å²) >= 11 is 0. The number of hydrogen-bond donors (Lipinski definition) is 0. The lowest BCUT2D eigenvalue weighted by atomic mass is 9.80. The Morgan fingerprint density at radius 3 is 2.23 bits per heavy atom. The minimum absolute atomic E-state index is 0.169. The van der Waals surface area contributed by atoms with Crippen molar-refractivity contribution in [2.45, 2.75) is 24.7 Å². The molecule has 4 aliphatic rings. The molecule has 0 unspecified atom stereocenters. The zero-order valence-corrected chi connectivity index (χ0v) is 16.3. The molecule has 4 aliphatic heterocycles. The average Bonchev–Trinajstić information content (AvgIpc) is 3.49. The second-order valence-electron chi connectivity index (χ2n) is 7.83. The smallest absolute Gasteiger partial charge is 0.303 e. The van der Waals surface area contributed by atoms with Crippen LogP contribution < -0.4 is 18.9 Å². The molecule has 2 aromatic rings. The van der Waals surface area contributed by atoms with Gasteiger partial charge in [0.1, 0.15) is 6.10 Å². The van der Waals surface area contributed by atoms with E-state index in [1.54, 1.807) is 0 Å². The molecule has 0 spiro atoms. The summed E-state index contributed by atoms with van der Waals surface area (Å²) in [7, 11) is 0. The molecule has 8 heteroatoms. The van der Waals surface area contributed by atoms with Crippen molar-refractivity contribution in [1.29, 1.82) is 0 Å². The van der Waals surface area contributed by atoms with Crippen molar-refractivity contribution in [3.05, 3.63) is 47.5 Å². The summed E-state index contributed by atoms with van der Waals surface area (Å²) in [5.74, 6) is 2.21. The largest absolute Gasteiger partial charge is 0.454 e. The number of esters is 1. The lowest BCUT2D eigenvalue weighted by Crippen LogP contribution is -2.43. The highest BCUT2D eigenvalue weighted by molar-refractivity contribution is 5.67. The predicted octanol–water partition coefficient (Wildman–Crippen LogP) is 2.90. The topological polar surface area (TPSA) is 81.7 Å². The Hall–Kier alpha value is -2.97. The summed E-state index contributed by atoms with van der Waals surface area (Å²) in [4.78, 5) is 12.1. The number of rotatable bonds is 3. The molecule has 156 valence electrons. The molecule has 0 N–H and O–H groups in total. The Balaban J connectivity index is 1.37. The van der Waals surface area contributed by atoms with Crippen LogP contribution in [0.3, 0.4) is 0 Å². The molecule has 2 aromatic carbocycles. The number of carbonyl (C=O) groups is 1. The van der Waals surface area contributed by atoms with E-state index in [4.69, 9.17) is 33.2 Å². The first-order valence-electron chi connectivity index (χ1n) is 9.86. The van der Waals surface area contributed by atoms with Crippen LogP contribution in [0.5, 0.6) is 23.0 Å². The van der Waals surface area contributed by atoms with Crippen LogP contribution in [0.4, 0.5) is 0 Å². The van der Waals surface area contributed by atoms with Gasteiger partial charge in [0.15, 0.2) is 28.6 Å². The number of carbonyl (C=O) groups excluding carboxylic acids is 1. The Labute approximate surface area is 172 Å². The van der Waals surface area contributed by atoms with Crippen molar-refractivity contribution in [3.63, 3.8) is 0 Å². The monoisotopic (exact) mass is 412 g/mol. The third-order valence-corrected chi connectivity index (χ3v) is 6.13. The second-order valence-corrected chi connectivity index (χ2v) is 7.83. The van der Waals surface area contributed by atoms with Gasteiger partial charge >= 0.3 is 5.97 Å². The lowest BCUT2D eigenvalue weighted by Gasteiger charge is -2.32. The molecule has 0 aromatic heterocycles. The van der Waals surface area contributed by atoms with E-state index in [-0.39, 0.29) is 38.2 Å². The van der Waals surface area contributed by atoms with E-state index in [1.807, 2.05) is 36.4 Å². The van der Waals surface area contributed by atoms with Gasteiger partial charge in [-0.3, -0.25) is 4.79 Å². The van der Waals surface area contributed by atoms with Gasteiger partial charge in [-0.2, -0.15) is 0 Å². The van der Waals surface area contributed by atoms with Crippen molar-refractivity contribution in [2.24, 2.45) is 5.92 Å². The number of ether oxygens (including phenoxy) is 7. The quantitative estimate of drug-likeness (QED) is 0.712. The van der Waals surface area contributed by atoms with Gasteiger partial charge in [-0.25, -0.2) is 0 Å². The normalized spacial score (nSPS) is 30.4. The fourth-order valence-electron chi connectivity index (χ4n) is 4.84. The first-order chi connectivity index (χ1) is 14.6. The van der Waals surface area contributed by atoms with Crippen LogP contribution in [0, 0.1) is 5.92 Å². The highest BCUT2D eigenvalue weighted by atomic mass is 16.7. The molecule has 2 saturated heterocycles. The Morgan fingerprint density at radius 1 is 0.900 bits per heavy atom. The van der Waals surface area contributed by atoms with Gasteiger partial charge < -0.3 is 33.2 Å². The van der Waals surface area contributed by atoms with E-state index >= 15 is 0 Å². The fraction of sp³-hybridized carbons (Fsp3) is 0.409. The molecule has 8 nitrogen and oxygen atoms in total. The third kappa shape index (κ3) is 2.57. The maximum atomic E-state index is 12.1. The van der Waals surface area contributed by atoms with Crippen LogP contribution in [-0.4, -0.2) is 38.4 Å². The Kier molecular flexibility index (Phi) is 3.88. The highest BCUT2D eigenvalue weighted by Gasteiger charge is 2.63. The summed E-state index contributed by atoms with van der Waals surface area (Å²) in [6, 6.07) is 11.4. The molecule has 4 heterocycles. The zero-order valence-electron chi connectivity index (χ0n) is 16.3. The predicted molar refractivity (Wildman–Crippen MR) is 101 cm³/mol. The molecule has 30 heavy (non-hydrogen) atoms. The molecule has 0 amide bonds. The number of fused-ring (bicyclic) bond motifs is 3. The van der Waals surface area contributed by atoms with Crippen molar-refractivity contribution < 1.29 is 38.0 Å². The molecule has 0 radical (unpaired) electrons. The standard InChI is InChI=1S/C22H20O8/c1-12(23)30-22-9-25-20(13-2-4-16-18(6-13)28-10-26-16)15(22)8-24-21(22)14-3-5-17-19(7-14)29-11-27-17/h2-7,15,20-21H,8-11H2,1H3/t15-,20-,21-,22-/m1/s1. The zero-order chi connectivity index (χ0) is 20.3. The van der Waals surface area contributed by atoms with Crippen LogP contribution in [0.1, 0.15) is 30.3 Å². The van der Waals surface area contributed by atoms with Gasteiger partial charge in [0.05, 0.1) is 25.2 Å². The first-order valence-corrected chi connectivity index (χ1v) is 9.86. The van der Waals surface area contributed by atoms with Crippen LogP contribution in [-0.2, 0) is 19.0 Å². The summed E-state index contributed by atoms with van der Waals surface area (Å²) in [5.41, 5.74) is 0.867. The Bertz CT molecular complexity index is 1020. The van der Waals surface area contributed by atoms with Gasteiger partial charge in [-0.15, -0.1) is 0 Å². The number of benzene rings is 2. The van der Waals surface area contributed by atoms with Crippen LogP contribution >= 0.6 is 0 Å². The average molecular weight is 412 g/mol. The molecule has 0 saturated carbocycles. The molecule has 0 aliphatic carbocycles. The summed E-state index contributed by atoms with van der Waals surface area (Å²) in [6.45, 7) is 2.44. The maximum Gasteiger partial charge on any atom is 0.303 e. The summed E-state index contributed by atoms with van der Waals surface area (Å²) in [5, 5.41) is 0. The van der Waals surface area contributed by atoms with E-state index in [0.717, 1.165) is 11.1 Å². The molecule has 4 atom stereocenters. The van der Waals surface area contributed by atoms with Gasteiger partial charge in [-0.1, -0.05) is 12.1 Å². The van der Waals surface area contributed by atoms with E-state index in [2.05, 4.69) is 0 Å². The Morgan fingerprint density at radius 2 is 1.53 bits per heavy atom. The van der Waals surface area contributed by atoms with Crippen LogP contribution in [0.15, 0.2) is 36.4 Å². The van der Waals surface area contributed by atoms with Gasteiger partial charge in [0, 0.05) is 6.92 Å². The first kappa shape index (κ1) is 17.9. The minimum Gasteiger partial charge on any atom is -0.454 e. The van der Waals surface area contributed by atoms with Gasteiger partial charge in [-0.05, 0) is 35.4 Å². The number of hydrogen-bond acceptors (Lipinski definition) is 8. The summed E-state index contributed by atoms with van der Waals surface area (Å²) in [6.07, 6.45) is -0.766. The highest BCUT2D eigenvalue weighted by Crippen LogP contribution is 2.56. The van der Waals surface area contributed by atoms with E-state index in [0.29, 0.717) is 29.6 Å². The lowest BCUT2D eigenvalue weighted by molar-refractivity contribution is -0.167. The second kappa shape index (κ2) is 6.52. The molecular formula is C22H20O8. The van der Waals surface area contributed by atoms with Crippen molar-refractivity contribution in [3.8, 4) is 23.0 Å². The molecular weight excluding hydrogens is 392 g/mol. The fourth-order valence-corrected chi connectivity index (χ4v) is 4.84. The van der Waals surface area contributed by atoms with Crippen LogP contribution in [0.2, 0.25) is 0 Å². The van der Waals surface area contributed by atoms with Crippen molar-refractivity contribution >= 4 is 5.97 Å².